The molecule has 1 heterocycles. The van der Waals surface area contributed by atoms with Crippen molar-refractivity contribution >= 4 is 11.3 Å². The van der Waals surface area contributed by atoms with Gasteiger partial charge in [0.25, 0.3) is 0 Å². The van der Waals surface area contributed by atoms with Gasteiger partial charge in [0.1, 0.15) is 0 Å². The van der Waals surface area contributed by atoms with E-state index in [9.17, 15) is 5.11 Å². The van der Waals surface area contributed by atoms with E-state index in [0.29, 0.717) is 26.3 Å². The monoisotopic (exact) mass is 230 g/mol. The Morgan fingerprint density at radius 1 is 1.67 bits per heavy atom. The van der Waals surface area contributed by atoms with Gasteiger partial charge in [0.05, 0.1) is 23.4 Å². The van der Waals surface area contributed by atoms with E-state index in [1.807, 2.05) is 19.2 Å². The number of aliphatic hydroxyl groups excluding tert-OH is 1. The SMILES string of the molecule is CCOCC(O)CNCc1csc(C)n1. The number of hydrogen-bond donors (Lipinski definition) is 2. The van der Waals surface area contributed by atoms with Crippen LogP contribution in [0.2, 0.25) is 0 Å². The number of aliphatic hydroxyl groups is 1. The fraction of sp³-hybridized carbons (Fsp3) is 0.700. The molecule has 0 aliphatic heterocycles. The van der Waals surface area contributed by atoms with Crippen molar-refractivity contribution in [3.63, 3.8) is 0 Å². The van der Waals surface area contributed by atoms with Crippen LogP contribution in [0.3, 0.4) is 0 Å². The zero-order valence-corrected chi connectivity index (χ0v) is 10.0. The smallest absolute Gasteiger partial charge is 0.0897 e. The molecular weight excluding hydrogens is 212 g/mol. The lowest BCUT2D eigenvalue weighted by molar-refractivity contribution is 0.0427. The van der Waals surface area contributed by atoms with E-state index in [2.05, 4.69) is 10.3 Å². The number of hydrogen-bond acceptors (Lipinski definition) is 5. The molecule has 1 atom stereocenters. The highest BCUT2D eigenvalue weighted by Crippen LogP contribution is 2.06. The average Bonchev–Trinajstić information content (AvgIpc) is 2.61. The second kappa shape index (κ2) is 6.90. The predicted molar refractivity (Wildman–Crippen MR) is 61.1 cm³/mol. The Hall–Kier alpha value is -0.490. The molecule has 0 bridgehead atoms. The number of rotatable bonds is 7. The van der Waals surface area contributed by atoms with Crippen molar-refractivity contribution in [1.29, 1.82) is 0 Å². The molecule has 0 aliphatic rings. The van der Waals surface area contributed by atoms with Crippen LogP contribution in [0.25, 0.3) is 0 Å². The first kappa shape index (κ1) is 12.6. The number of ether oxygens (including phenoxy) is 1. The van der Waals surface area contributed by atoms with E-state index in [4.69, 9.17) is 4.74 Å². The molecule has 1 aromatic rings. The van der Waals surface area contributed by atoms with Gasteiger partial charge in [-0.3, -0.25) is 0 Å². The topological polar surface area (TPSA) is 54.4 Å². The maximum absolute atomic E-state index is 9.46. The third-order valence-electron chi connectivity index (χ3n) is 1.87. The predicted octanol–water partition coefficient (Wildman–Crippen LogP) is 0.939. The zero-order valence-electron chi connectivity index (χ0n) is 9.19. The first-order valence-corrected chi connectivity index (χ1v) is 5.98. The summed E-state index contributed by atoms with van der Waals surface area (Å²) >= 11 is 1.64. The molecule has 1 aromatic heterocycles. The summed E-state index contributed by atoms with van der Waals surface area (Å²) in [5, 5.41) is 15.7. The van der Waals surface area contributed by atoms with Crippen LogP contribution in [-0.4, -0.2) is 36.0 Å². The van der Waals surface area contributed by atoms with Crippen LogP contribution in [0.4, 0.5) is 0 Å². The molecule has 86 valence electrons. The van der Waals surface area contributed by atoms with Crippen molar-refractivity contribution < 1.29 is 9.84 Å². The lowest BCUT2D eigenvalue weighted by atomic mass is 10.3. The lowest BCUT2D eigenvalue weighted by Gasteiger charge is -2.10. The summed E-state index contributed by atoms with van der Waals surface area (Å²) in [7, 11) is 0. The number of nitrogens with zero attached hydrogens (tertiary/aromatic N) is 1. The number of thiazole rings is 1. The largest absolute Gasteiger partial charge is 0.389 e. The van der Waals surface area contributed by atoms with Crippen LogP contribution < -0.4 is 5.32 Å². The molecule has 15 heavy (non-hydrogen) atoms. The fourth-order valence-electron chi connectivity index (χ4n) is 1.17. The highest BCUT2D eigenvalue weighted by Gasteiger charge is 2.03. The van der Waals surface area contributed by atoms with Crippen LogP contribution >= 0.6 is 11.3 Å². The van der Waals surface area contributed by atoms with Gasteiger partial charge in [-0.25, -0.2) is 4.98 Å². The van der Waals surface area contributed by atoms with Gasteiger partial charge in [-0.2, -0.15) is 0 Å². The molecule has 0 saturated heterocycles. The maximum Gasteiger partial charge on any atom is 0.0897 e. The Morgan fingerprint density at radius 3 is 3.07 bits per heavy atom. The summed E-state index contributed by atoms with van der Waals surface area (Å²) in [4.78, 5) is 4.31. The Bertz CT molecular complexity index is 278. The summed E-state index contributed by atoms with van der Waals surface area (Å²) in [6, 6.07) is 0. The molecule has 5 heteroatoms. The van der Waals surface area contributed by atoms with Gasteiger partial charge < -0.3 is 15.2 Å². The van der Waals surface area contributed by atoms with E-state index < -0.39 is 6.10 Å². The van der Waals surface area contributed by atoms with Crippen molar-refractivity contribution in [3.05, 3.63) is 16.1 Å². The van der Waals surface area contributed by atoms with E-state index >= 15 is 0 Å². The summed E-state index contributed by atoms with van der Waals surface area (Å²) < 4.78 is 5.10. The number of aryl methyl sites for hydroxylation is 1. The van der Waals surface area contributed by atoms with Crippen molar-refractivity contribution in [2.45, 2.75) is 26.5 Å². The quantitative estimate of drug-likeness (QED) is 0.732. The lowest BCUT2D eigenvalue weighted by Crippen LogP contribution is -2.30. The van der Waals surface area contributed by atoms with Crippen molar-refractivity contribution in [2.24, 2.45) is 0 Å². The molecule has 1 unspecified atom stereocenters. The third-order valence-corrected chi connectivity index (χ3v) is 2.69. The van der Waals surface area contributed by atoms with Crippen LogP contribution in [0.1, 0.15) is 17.6 Å². The molecule has 0 saturated carbocycles. The van der Waals surface area contributed by atoms with E-state index in [-0.39, 0.29) is 0 Å². The molecule has 0 amide bonds. The zero-order chi connectivity index (χ0) is 11.1. The van der Waals surface area contributed by atoms with Gasteiger partial charge in [0, 0.05) is 25.1 Å². The summed E-state index contributed by atoms with van der Waals surface area (Å²) in [6.07, 6.45) is -0.440. The van der Waals surface area contributed by atoms with Gasteiger partial charge in [0.15, 0.2) is 0 Å². The second-order valence-electron chi connectivity index (χ2n) is 3.30. The molecule has 0 fully saturated rings. The van der Waals surface area contributed by atoms with Crippen LogP contribution in [0, 0.1) is 6.92 Å². The molecule has 0 aromatic carbocycles. The Balaban J connectivity index is 2.10. The van der Waals surface area contributed by atoms with Gasteiger partial charge in [0.2, 0.25) is 0 Å². The highest BCUT2D eigenvalue weighted by molar-refractivity contribution is 7.09. The number of aromatic nitrogens is 1. The molecule has 2 N–H and O–H groups in total. The normalized spacial score (nSPS) is 13.0. The fourth-order valence-corrected chi connectivity index (χ4v) is 1.78. The Labute approximate surface area is 94.3 Å². The molecule has 4 nitrogen and oxygen atoms in total. The minimum Gasteiger partial charge on any atom is -0.389 e. The van der Waals surface area contributed by atoms with Gasteiger partial charge >= 0.3 is 0 Å². The van der Waals surface area contributed by atoms with Crippen molar-refractivity contribution in [2.75, 3.05) is 19.8 Å². The number of nitrogens with one attached hydrogen (secondary N) is 1. The maximum atomic E-state index is 9.46. The van der Waals surface area contributed by atoms with Crippen LogP contribution in [0.5, 0.6) is 0 Å². The van der Waals surface area contributed by atoms with Crippen molar-refractivity contribution in [1.82, 2.24) is 10.3 Å². The summed E-state index contributed by atoms with van der Waals surface area (Å²) in [5.74, 6) is 0. The molecule has 0 spiro atoms. The second-order valence-corrected chi connectivity index (χ2v) is 4.36. The summed E-state index contributed by atoms with van der Waals surface area (Å²) in [6.45, 7) is 6.17. The van der Waals surface area contributed by atoms with Crippen molar-refractivity contribution in [3.8, 4) is 0 Å². The van der Waals surface area contributed by atoms with Gasteiger partial charge in [-0.05, 0) is 13.8 Å². The highest BCUT2D eigenvalue weighted by atomic mass is 32.1. The molecule has 1 rings (SSSR count). The van der Waals surface area contributed by atoms with E-state index in [1.165, 1.54) is 0 Å². The third kappa shape index (κ3) is 5.22. The molecule has 0 aliphatic carbocycles. The molecule has 0 radical (unpaired) electrons. The van der Waals surface area contributed by atoms with Gasteiger partial charge in [-0.1, -0.05) is 0 Å². The first-order valence-electron chi connectivity index (χ1n) is 5.10. The molecular formula is C10H18N2O2S. The van der Waals surface area contributed by atoms with E-state index in [1.54, 1.807) is 11.3 Å². The average molecular weight is 230 g/mol. The van der Waals surface area contributed by atoms with Crippen LogP contribution in [-0.2, 0) is 11.3 Å². The van der Waals surface area contributed by atoms with Gasteiger partial charge in [-0.15, -0.1) is 11.3 Å². The Kier molecular flexibility index (Phi) is 5.78. The van der Waals surface area contributed by atoms with Crippen LogP contribution in [0.15, 0.2) is 5.38 Å². The van der Waals surface area contributed by atoms with E-state index in [0.717, 1.165) is 10.7 Å². The standard InChI is InChI=1S/C10H18N2O2S/c1-3-14-6-10(13)5-11-4-9-7-15-8(2)12-9/h7,10-11,13H,3-6H2,1-2H3. The summed E-state index contributed by atoms with van der Waals surface area (Å²) in [5.41, 5.74) is 1.03. The minimum absolute atomic E-state index is 0.388. The first-order chi connectivity index (χ1) is 7.22. The minimum atomic E-state index is -0.440. The Morgan fingerprint density at radius 2 is 2.47 bits per heavy atom.